The molecule has 1 aromatic carbocycles. The molecule has 1 aliphatic heterocycles. The Morgan fingerprint density at radius 2 is 2.04 bits per heavy atom. The summed E-state index contributed by atoms with van der Waals surface area (Å²) in [6.07, 6.45) is 3.98. The number of likely N-dealkylation sites (tertiary alicyclic amines) is 1. The van der Waals surface area contributed by atoms with Gasteiger partial charge in [-0.2, -0.15) is 0 Å². The molecule has 2 aromatic rings. The van der Waals surface area contributed by atoms with Crippen molar-refractivity contribution >= 4 is 11.9 Å². The lowest BCUT2D eigenvalue weighted by Gasteiger charge is -2.18. The van der Waals surface area contributed by atoms with Gasteiger partial charge in [0.15, 0.2) is 0 Å². The van der Waals surface area contributed by atoms with Gasteiger partial charge in [0.25, 0.3) is 5.91 Å². The zero-order valence-corrected chi connectivity index (χ0v) is 14.9. The molecule has 1 fully saturated rings. The number of amides is 1. The first-order valence-electron chi connectivity index (χ1n) is 8.60. The first-order valence-corrected chi connectivity index (χ1v) is 8.60. The lowest BCUT2D eigenvalue weighted by atomic mass is 10.0. The molecule has 1 saturated heterocycles. The van der Waals surface area contributed by atoms with Crippen LogP contribution in [0.5, 0.6) is 5.75 Å². The zero-order chi connectivity index (χ0) is 18.7. The SMILES string of the molecule is Cc1cc(C(=O)N2CC[C@@H](C(=O)O)C2)cc(C)c1OCc1cccnc1. The number of hydrogen-bond acceptors (Lipinski definition) is 4. The second-order valence-electron chi connectivity index (χ2n) is 6.66. The molecule has 1 N–H and O–H groups in total. The minimum Gasteiger partial charge on any atom is -0.488 e. The zero-order valence-electron chi connectivity index (χ0n) is 14.9. The van der Waals surface area contributed by atoms with E-state index in [1.807, 2.05) is 38.1 Å². The highest BCUT2D eigenvalue weighted by Gasteiger charge is 2.31. The number of rotatable bonds is 5. The predicted molar refractivity (Wildman–Crippen MR) is 96.1 cm³/mol. The molecule has 0 saturated carbocycles. The number of aliphatic carboxylic acids is 1. The van der Waals surface area contributed by atoms with Crippen LogP contribution < -0.4 is 4.74 Å². The molecular formula is C20H22N2O4. The Labute approximate surface area is 152 Å². The second kappa shape index (κ2) is 7.56. The van der Waals surface area contributed by atoms with Gasteiger partial charge in [-0.15, -0.1) is 0 Å². The van der Waals surface area contributed by atoms with Crippen LogP contribution in [-0.2, 0) is 11.4 Å². The molecular weight excluding hydrogens is 332 g/mol. The van der Waals surface area contributed by atoms with Crippen molar-refractivity contribution in [3.05, 3.63) is 58.9 Å². The number of aryl methyl sites for hydroxylation is 2. The third kappa shape index (κ3) is 3.85. The molecule has 0 aliphatic carbocycles. The summed E-state index contributed by atoms with van der Waals surface area (Å²) in [6, 6.07) is 7.42. The summed E-state index contributed by atoms with van der Waals surface area (Å²) in [4.78, 5) is 29.5. The number of carboxylic acid groups (broad SMARTS) is 1. The number of carboxylic acids is 1. The minimum atomic E-state index is -0.841. The molecule has 6 heteroatoms. The van der Waals surface area contributed by atoms with E-state index >= 15 is 0 Å². The van der Waals surface area contributed by atoms with E-state index in [4.69, 9.17) is 9.84 Å². The summed E-state index contributed by atoms with van der Waals surface area (Å²) >= 11 is 0. The summed E-state index contributed by atoms with van der Waals surface area (Å²) in [5.74, 6) is -0.677. The molecule has 136 valence electrons. The molecule has 0 bridgehead atoms. The maximum atomic E-state index is 12.7. The molecule has 6 nitrogen and oxygen atoms in total. The predicted octanol–water partition coefficient (Wildman–Crippen LogP) is 2.82. The van der Waals surface area contributed by atoms with E-state index in [0.717, 1.165) is 22.4 Å². The first-order chi connectivity index (χ1) is 12.5. The number of pyridine rings is 1. The average molecular weight is 354 g/mol. The van der Waals surface area contributed by atoms with Crippen LogP contribution in [0, 0.1) is 19.8 Å². The molecule has 1 amide bonds. The normalized spacial score (nSPS) is 16.5. The largest absolute Gasteiger partial charge is 0.488 e. The molecule has 1 aliphatic rings. The lowest BCUT2D eigenvalue weighted by molar-refractivity contribution is -0.141. The van der Waals surface area contributed by atoms with E-state index in [1.54, 1.807) is 17.3 Å². The number of nitrogens with zero attached hydrogens (tertiary/aromatic N) is 2. The van der Waals surface area contributed by atoms with Crippen molar-refractivity contribution in [1.29, 1.82) is 0 Å². The standard InChI is InChI=1S/C20H22N2O4/c1-13-8-17(19(23)22-7-5-16(11-22)20(24)25)9-14(2)18(13)26-12-15-4-3-6-21-10-15/h3-4,6,8-10,16H,5,7,11-12H2,1-2H3,(H,24,25)/t16-/m1/s1. The van der Waals surface area contributed by atoms with Crippen molar-refractivity contribution < 1.29 is 19.4 Å². The third-order valence-electron chi connectivity index (χ3n) is 4.64. The number of aromatic nitrogens is 1. The van der Waals surface area contributed by atoms with E-state index in [0.29, 0.717) is 25.1 Å². The Hall–Kier alpha value is -2.89. The van der Waals surface area contributed by atoms with Gasteiger partial charge in [-0.3, -0.25) is 14.6 Å². The van der Waals surface area contributed by atoms with E-state index in [2.05, 4.69) is 4.98 Å². The summed E-state index contributed by atoms with van der Waals surface area (Å²) in [7, 11) is 0. The Balaban J connectivity index is 1.72. The van der Waals surface area contributed by atoms with Crippen LogP contribution in [0.25, 0.3) is 0 Å². The van der Waals surface area contributed by atoms with Crippen LogP contribution in [0.2, 0.25) is 0 Å². The average Bonchev–Trinajstić information content (AvgIpc) is 3.11. The van der Waals surface area contributed by atoms with Gasteiger partial charge in [0.1, 0.15) is 12.4 Å². The van der Waals surface area contributed by atoms with Crippen molar-refractivity contribution in [3.63, 3.8) is 0 Å². The highest BCUT2D eigenvalue weighted by Crippen LogP contribution is 2.27. The molecule has 2 heterocycles. The number of carbonyl (C=O) groups excluding carboxylic acids is 1. The second-order valence-corrected chi connectivity index (χ2v) is 6.66. The summed E-state index contributed by atoms with van der Waals surface area (Å²) in [5, 5.41) is 9.10. The molecule has 3 rings (SSSR count). The maximum absolute atomic E-state index is 12.7. The van der Waals surface area contributed by atoms with Gasteiger partial charge in [0, 0.05) is 36.6 Å². The molecule has 0 radical (unpaired) electrons. The first kappa shape index (κ1) is 17.9. The van der Waals surface area contributed by atoms with Crippen LogP contribution >= 0.6 is 0 Å². The van der Waals surface area contributed by atoms with Crippen molar-refractivity contribution in [3.8, 4) is 5.75 Å². The van der Waals surface area contributed by atoms with Crippen molar-refractivity contribution in [2.75, 3.05) is 13.1 Å². The van der Waals surface area contributed by atoms with E-state index in [-0.39, 0.29) is 12.5 Å². The van der Waals surface area contributed by atoms with Gasteiger partial charge in [-0.1, -0.05) is 6.07 Å². The lowest BCUT2D eigenvalue weighted by Crippen LogP contribution is -2.30. The maximum Gasteiger partial charge on any atom is 0.308 e. The fourth-order valence-electron chi connectivity index (χ4n) is 3.27. The highest BCUT2D eigenvalue weighted by atomic mass is 16.5. The van der Waals surface area contributed by atoms with Crippen LogP contribution in [-0.4, -0.2) is 40.0 Å². The van der Waals surface area contributed by atoms with Crippen LogP contribution in [0.4, 0.5) is 0 Å². The highest BCUT2D eigenvalue weighted by molar-refractivity contribution is 5.95. The smallest absolute Gasteiger partial charge is 0.308 e. The summed E-state index contributed by atoms with van der Waals surface area (Å²) in [6.45, 7) is 4.98. The van der Waals surface area contributed by atoms with Crippen LogP contribution in [0.3, 0.4) is 0 Å². The number of carbonyl (C=O) groups is 2. The Bertz CT molecular complexity index is 797. The number of hydrogen-bond donors (Lipinski definition) is 1. The van der Waals surface area contributed by atoms with Crippen LogP contribution in [0.1, 0.15) is 33.5 Å². The van der Waals surface area contributed by atoms with Gasteiger partial charge >= 0.3 is 5.97 Å². The molecule has 1 aromatic heterocycles. The number of ether oxygens (including phenoxy) is 1. The number of benzene rings is 1. The van der Waals surface area contributed by atoms with Gasteiger partial charge in [-0.05, 0) is 49.6 Å². The van der Waals surface area contributed by atoms with E-state index in [9.17, 15) is 9.59 Å². The van der Waals surface area contributed by atoms with Gasteiger partial charge in [0.2, 0.25) is 0 Å². The van der Waals surface area contributed by atoms with E-state index < -0.39 is 11.9 Å². The van der Waals surface area contributed by atoms with Gasteiger partial charge in [-0.25, -0.2) is 0 Å². The Morgan fingerprint density at radius 1 is 1.31 bits per heavy atom. The molecule has 26 heavy (non-hydrogen) atoms. The van der Waals surface area contributed by atoms with Gasteiger partial charge in [0.05, 0.1) is 5.92 Å². The van der Waals surface area contributed by atoms with Crippen molar-refractivity contribution in [1.82, 2.24) is 9.88 Å². The fourth-order valence-corrected chi connectivity index (χ4v) is 3.27. The molecule has 0 unspecified atom stereocenters. The van der Waals surface area contributed by atoms with E-state index in [1.165, 1.54) is 0 Å². The fraction of sp³-hybridized carbons (Fsp3) is 0.350. The summed E-state index contributed by atoms with van der Waals surface area (Å²) < 4.78 is 5.92. The van der Waals surface area contributed by atoms with Crippen LogP contribution in [0.15, 0.2) is 36.7 Å². The third-order valence-corrected chi connectivity index (χ3v) is 4.64. The minimum absolute atomic E-state index is 0.126. The topological polar surface area (TPSA) is 79.7 Å². The summed E-state index contributed by atoms with van der Waals surface area (Å²) in [5.41, 5.74) is 3.31. The Morgan fingerprint density at radius 3 is 2.62 bits per heavy atom. The molecule has 0 spiro atoms. The molecule has 1 atom stereocenters. The monoisotopic (exact) mass is 354 g/mol. The Kier molecular flexibility index (Phi) is 5.21. The van der Waals surface area contributed by atoms with Gasteiger partial charge < -0.3 is 14.7 Å². The van der Waals surface area contributed by atoms with Crippen molar-refractivity contribution in [2.45, 2.75) is 26.9 Å². The van der Waals surface area contributed by atoms with Crippen molar-refractivity contribution in [2.24, 2.45) is 5.92 Å². The quantitative estimate of drug-likeness (QED) is 0.893.